The molecule has 1 aliphatic heterocycles. The molecule has 1 heterocycles. The Labute approximate surface area is 114 Å². The predicted molar refractivity (Wildman–Crippen MR) is 74.7 cm³/mol. The van der Waals surface area contributed by atoms with Gasteiger partial charge in [0.15, 0.2) is 0 Å². The Morgan fingerprint density at radius 3 is 2.84 bits per heavy atom. The minimum absolute atomic E-state index is 0.0155. The number of nitrogens with two attached hydrogens (primary N) is 1. The average Bonchev–Trinajstić information content (AvgIpc) is 2.82. The molecule has 4 nitrogen and oxygen atoms in total. The second-order valence-electron chi connectivity index (χ2n) is 5.58. The number of hydrogen-bond acceptors (Lipinski definition) is 3. The summed E-state index contributed by atoms with van der Waals surface area (Å²) in [7, 11) is 0. The number of ether oxygens (including phenoxy) is 1. The van der Waals surface area contributed by atoms with Crippen LogP contribution >= 0.6 is 0 Å². The zero-order chi connectivity index (χ0) is 13.8. The first-order valence-electron chi connectivity index (χ1n) is 6.79. The molecule has 3 N–H and O–H groups in total. The van der Waals surface area contributed by atoms with Crippen molar-refractivity contribution in [1.29, 1.82) is 0 Å². The van der Waals surface area contributed by atoms with Crippen LogP contribution in [0.4, 0.5) is 0 Å². The maximum Gasteiger partial charge on any atom is 0.251 e. The van der Waals surface area contributed by atoms with E-state index < -0.39 is 0 Å². The van der Waals surface area contributed by atoms with Gasteiger partial charge in [0, 0.05) is 18.2 Å². The highest BCUT2D eigenvalue weighted by molar-refractivity contribution is 5.94. The second kappa shape index (κ2) is 6.17. The van der Waals surface area contributed by atoms with Gasteiger partial charge in [-0.05, 0) is 35.6 Å². The van der Waals surface area contributed by atoms with Crippen LogP contribution in [0.3, 0.4) is 0 Å². The quantitative estimate of drug-likeness (QED) is 0.850. The van der Waals surface area contributed by atoms with Crippen molar-refractivity contribution in [2.24, 2.45) is 11.7 Å². The second-order valence-corrected chi connectivity index (χ2v) is 5.58. The van der Waals surface area contributed by atoms with Gasteiger partial charge in [-0.15, -0.1) is 0 Å². The van der Waals surface area contributed by atoms with E-state index in [1.165, 1.54) is 5.56 Å². The van der Waals surface area contributed by atoms with Gasteiger partial charge in [-0.1, -0.05) is 19.9 Å². The summed E-state index contributed by atoms with van der Waals surface area (Å²) in [6, 6.07) is 5.73. The molecule has 2 rings (SSSR count). The highest BCUT2D eigenvalue weighted by Crippen LogP contribution is 2.20. The Morgan fingerprint density at radius 1 is 1.37 bits per heavy atom. The van der Waals surface area contributed by atoms with Gasteiger partial charge >= 0.3 is 0 Å². The molecule has 0 aromatic heterocycles. The van der Waals surface area contributed by atoms with Gasteiger partial charge < -0.3 is 15.8 Å². The minimum Gasteiger partial charge on any atom is -0.372 e. The zero-order valence-corrected chi connectivity index (χ0v) is 11.6. The predicted octanol–water partition coefficient (Wildman–Crippen LogP) is 1.82. The molecule has 19 heavy (non-hydrogen) atoms. The van der Waals surface area contributed by atoms with Crippen LogP contribution in [0.15, 0.2) is 18.2 Å². The fourth-order valence-corrected chi connectivity index (χ4v) is 2.33. The lowest BCUT2D eigenvalue weighted by atomic mass is 10.0. The van der Waals surface area contributed by atoms with Crippen molar-refractivity contribution in [3.63, 3.8) is 0 Å². The molecule has 0 fully saturated rings. The van der Waals surface area contributed by atoms with Gasteiger partial charge in [-0.2, -0.15) is 0 Å². The summed E-state index contributed by atoms with van der Waals surface area (Å²) in [5, 5.41) is 2.89. The van der Waals surface area contributed by atoms with E-state index in [9.17, 15) is 4.79 Å². The number of rotatable bonds is 5. The molecule has 1 unspecified atom stereocenters. The summed E-state index contributed by atoms with van der Waals surface area (Å²) in [4.78, 5) is 12.0. The summed E-state index contributed by atoms with van der Waals surface area (Å²) in [6.07, 6.45) is 0.915. The lowest BCUT2D eigenvalue weighted by Crippen LogP contribution is -2.38. The van der Waals surface area contributed by atoms with Gasteiger partial charge in [0.25, 0.3) is 5.91 Å². The normalized spacial score (nSPS) is 15.4. The van der Waals surface area contributed by atoms with E-state index in [-0.39, 0.29) is 11.9 Å². The number of carbonyl (C=O) groups excluding carboxylic acids is 1. The van der Waals surface area contributed by atoms with Gasteiger partial charge in [-0.3, -0.25) is 4.79 Å². The number of carbonyl (C=O) groups is 1. The average molecular weight is 262 g/mol. The van der Waals surface area contributed by atoms with E-state index in [4.69, 9.17) is 10.5 Å². The number of hydrogen-bond donors (Lipinski definition) is 2. The van der Waals surface area contributed by atoms with Crippen molar-refractivity contribution < 1.29 is 9.53 Å². The van der Waals surface area contributed by atoms with E-state index in [0.717, 1.165) is 12.0 Å². The van der Waals surface area contributed by atoms with Crippen LogP contribution in [-0.4, -0.2) is 18.5 Å². The minimum atomic E-state index is -0.0612. The fourth-order valence-electron chi connectivity index (χ4n) is 2.33. The monoisotopic (exact) mass is 262 g/mol. The molecule has 1 aromatic rings. The molecule has 0 spiro atoms. The first kappa shape index (κ1) is 14.0. The van der Waals surface area contributed by atoms with Crippen molar-refractivity contribution in [1.82, 2.24) is 5.32 Å². The first-order valence-corrected chi connectivity index (χ1v) is 6.79. The van der Waals surface area contributed by atoms with E-state index in [1.54, 1.807) is 0 Å². The molecule has 104 valence electrons. The Kier molecular flexibility index (Phi) is 4.56. The number of fused-ring (bicyclic) bond motifs is 1. The molecular weight excluding hydrogens is 240 g/mol. The molecule has 4 heteroatoms. The highest BCUT2D eigenvalue weighted by Gasteiger charge is 2.15. The smallest absolute Gasteiger partial charge is 0.251 e. The summed E-state index contributed by atoms with van der Waals surface area (Å²) >= 11 is 0. The SMILES string of the molecule is CC(C)CC(N)CNC(=O)c1ccc2c(c1)COC2. The molecule has 1 amide bonds. The van der Waals surface area contributed by atoms with E-state index in [2.05, 4.69) is 19.2 Å². The van der Waals surface area contributed by atoms with Crippen molar-refractivity contribution in [2.75, 3.05) is 6.54 Å². The molecule has 0 radical (unpaired) electrons. The molecular formula is C15H22N2O2. The van der Waals surface area contributed by atoms with Crippen LogP contribution in [0.2, 0.25) is 0 Å². The maximum atomic E-state index is 12.0. The lowest BCUT2D eigenvalue weighted by molar-refractivity contribution is 0.0950. The van der Waals surface area contributed by atoms with Crippen LogP contribution < -0.4 is 11.1 Å². The molecule has 0 bridgehead atoms. The highest BCUT2D eigenvalue weighted by atomic mass is 16.5. The van der Waals surface area contributed by atoms with Crippen LogP contribution in [-0.2, 0) is 18.0 Å². The van der Waals surface area contributed by atoms with Crippen LogP contribution in [0.25, 0.3) is 0 Å². The molecule has 0 saturated carbocycles. The van der Waals surface area contributed by atoms with Crippen LogP contribution in [0.1, 0.15) is 41.8 Å². The Morgan fingerprint density at radius 2 is 2.11 bits per heavy atom. The van der Waals surface area contributed by atoms with Crippen molar-refractivity contribution in [2.45, 2.75) is 39.5 Å². The van der Waals surface area contributed by atoms with E-state index in [1.807, 2.05) is 18.2 Å². The van der Waals surface area contributed by atoms with E-state index >= 15 is 0 Å². The summed E-state index contributed by atoms with van der Waals surface area (Å²) < 4.78 is 5.34. The summed E-state index contributed by atoms with van der Waals surface area (Å²) in [5.74, 6) is 0.484. The third-order valence-corrected chi connectivity index (χ3v) is 3.28. The standard InChI is InChI=1S/C15H22N2O2/c1-10(2)5-14(16)7-17-15(18)11-3-4-12-8-19-9-13(12)6-11/h3-4,6,10,14H,5,7-9,16H2,1-2H3,(H,17,18). The van der Waals surface area contributed by atoms with Gasteiger partial charge in [0.1, 0.15) is 0 Å². The molecule has 1 aliphatic rings. The van der Waals surface area contributed by atoms with Crippen molar-refractivity contribution in [3.05, 3.63) is 34.9 Å². The third-order valence-electron chi connectivity index (χ3n) is 3.28. The number of nitrogens with one attached hydrogen (secondary N) is 1. The Balaban J connectivity index is 1.90. The molecule has 1 atom stereocenters. The van der Waals surface area contributed by atoms with E-state index in [0.29, 0.717) is 31.2 Å². The third kappa shape index (κ3) is 3.78. The van der Waals surface area contributed by atoms with Gasteiger partial charge in [-0.25, -0.2) is 0 Å². The number of amides is 1. The fraction of sp³-hybridized carbons (Fsp3) is 0.533. The molecule has 1 aromatic carbocycles. The van der Waals surface area contributed by atoms with Gasteiger partial charge in [0.05, 0.1) is 13.2 Å². The van der Waals surface area contributed by atoms with Crippen molar-refractivity contribution >= 4 is 5.91 Å². The topological polar surface area (TPSA) is 64.3 Å². The Hall–Kier alpha value is -1.39. The Bertz CT molecular complexity index is 457. The number of benzene rings is 1. The summed E-state index contributed by atoms with van der Waals surface area (Å²) in [6.45, 7) is 6.02. The van der Waals surface area contributed by atoms with Crippen LogP contribution in [0, 0.1) is 5.92 Å². The largest absolute Gasteiger partial charge is 0.372 e. The zero-order valence-electron chi connectivity index (χ0n) is 11.6. The lowest BCUT2D eigenvalue weighted by Gasteiger charge is -2.15. The van der Waals surface area contributed by atoms with Gasteiger partial charge in [0.2, 0.25) is 0 Å². The molecule has 0 aliphatic carbocycles. The molecule has 0 saturated heterocycles. The maximum absolute atomic E-state index is 12.0. The summed E-state index contributed by atoms with van der Waals surface area (Å²) in [5.41, 5.74) is 8.92. The van der Waals surface area contributed by atoms with Crippen molar-refractivity contribution in [3.8, 4) is 0 Å². The van der Waals surface area contributed by atoms with Crippen LogP contribution in [0.5, 0.6) is 0 Å². The first-order chi connectivity index (χ1) is 9.06.